The van der Waals surface area contributed by atoms with E-state index in [0.717, 1.165) is 12.0 Å². The van der Waals surface area contributed by atoms with Crippen LogP contribution in [0.3, 0.4) is 0 Å². The van der Waals surface area contributed by atoms with Crippen LogP contribution >= 0.6 is 0 Å². The van der Waals surface area contributed by atoms with Crippen molar-refractivity contribution >= 4 is 17.9 Å². The summed E-state index contributed by atoms with van der Waals surface area (Å²) >= 11 is 0. The van der Waals surface area contributed by atoms with Crippen molar-refractivity contribution in [3.05, 3.63) is 23.8 Å². The van der Waals surface area contributed by atoms with Gasteiger partial charge in [-0.2, -0.15) is 0 Å². The second-order valence-electron chi connectivity index (χ2n) is 10.6. The summed E-state index contributed by atoms with van der Waals surface area (Å²) in [6.07, 6.45) is 7.17. The number of hydrogen-bond acceptors (Lipinski definition) is 7. The molecule has 0 aromatic heterocycles. The molecule has 3 aliphatic rings. The molecule has 0 radical (unpaired) electrons. The summed E-state index contributed by atoms with van der Waals surface area (Å²) in [6.45, 7) is 6.14. The molecule has 35 heavy (non-hydrogen) atoms. The van der Waals surface area contributed by atoms with Crippen molar-refractivity contribution in [1.29, 1.82) is 0 Å². The van der Waals surface area contributed by atoms with Crippen LogP contribution in [0.2, 0.25) is 0 Å². The number of esters is 2. The molecule has 0 amide bonds. The summed E-state index contributed by atoms with van der Waals surface area (Å²) in [5, 5.41) is 29.1. The fourth-order valence-electron chi connectivity index (χ4n) is 5.86. The number of fused-ring (bicyclic) bond motifs is 1. The zero-order valence-electron chi connectivity index (χ0n) is 21.0. The maximum Gasteiger partial charge on any atom is 0.323 e. The van der Waals surface area contributed by atoms with E-state index in [9.17, 15) is 24.6 Å². The molecule has 0 heterocycles. The topological polar surface area (TPSA) is 130 Å². The molecule has 1 saturated carbocycles. The summed E-state index contributed by atoms with van der Waals surface area (Å²) in [5.74, 6) is -1.63. The van der Waals surface area contributed by atoms with Gasteiger partial charge in [0, 0.05) is 5.92 Å². The molecular formula is C27H40O8. The SMILES string of the molecule is CCOC(=O)C1(C(=O)O[C@H]2C[C@@H](C)C=C3C=C[C@H](C)[C@H](CC[C@@H](O)C[C@@H](O)CC(=O)O)[C@H]32)CCC1. The number of carbonyl (C=O) groups excluding carboxylic acids is 2. The fourth-order valence-corrected chi connectivity index (χ4v) is 5.86. The summed E-state index contributed by atoms with van der Waals surface area (Å²) in [6, 6.07) is 0. The molecule has 3 N–H and O–H groups in total. The molecule has 196 valence electrons. The van der Waals surface area contributed by atoms with E-state index in [1.165, 1.54) is 0 Å². The highest BCUT2D eigenvalue weighted by Crippen LogP contribution is 2.48. The molecule has 8 nitrogen and oxygen atoms in total. The Kier molecular flexibility index (Phi) is 9.16. The van der Waals surface area contributed by atoms with E-state index in [0.29, 0.717) is 32.1 Å². The van der Waals surface area contributed by atoms with Crippen LogP contribution in [-0.2, 0) is 23.9 Å². The molecule has 1 fully saturated rings. The highest BCUT2D eigenvalue weighted by atomic mass is 16.6. The first-order chi connectivity index (χ1) is 16.6. The number of aliphatic carboxylic acids is 1. The third-order valence-electron chi connectivity index (χ3n) is 7.91. The minimum absolute atomic E-state index is 0.00805. The van der Waals surface area contributed by atoms with Gasteiger partial charge in [0.15, 0.2) is 5.41 Å². The van der Waals surface area contributed by atoms with Gasteiger partial charge in [0.05, 0.1) is 25.2 Å². The van der Waals surface area contributed by atoms with Gasteiger partial charge in [-0.05, 0) is 75.2 Å². The van der Waals surface area contributed by atoms with Gasteiger partial charge in [-0.3, -0.25) is 14.4 Å². The van der Waals surface area contributed by atoms with Gasteiger partial charge in [0.25, 0.3) is 0 Å². The largest absolute Gasteiger partial charge is 0.481 e. The van der Waals surface area contributed by atoms with Crippen LogP contribution in [0, 0.1) is 29.1 Å². The van der Waals surface area contributed by atoms with E-state index in [-0.39, 0.29) is 42.8 Å². The van der Waals surface area contributed by atoms with Gasteiger partial charge >= 0.3 is 17.9 Å². The molecular weight excluding hydrogens is 452 g/mol. The summed E-state index contributed by atoms with van der Waals surface area (Å²) in [4.78, 5) is 36.7. The lowest BCUT2D eigenvalue weighted by Gasteiger charge is -2.45. The Bertz CT molecular complexity index is 842. The number of aliphatic hydroxyl groups excluding tert-OH is 2. The van der Waals surface area contributed by atoms with Crippen LogP contribution in [0.25, 0.3) is 0 Å². The fraction of sp³-hybridized carbons (Fsp3) is 0.741. The first-order valence-electron chi connectivity index (χ1n) is 12.9. The Morgan fingerprint density at radius 3 is 2.46 bits per heavy atom. The van der Waals surface area contributed by atoms with Crippen LogP contribution in [0.1, 0.15) is 72.1 Å². The average Bonchev–Trinajstić information content (AvgIpc) is 2.71. The normalized spacial score (nSPS) is 30.8. The molecule has 0 unspecified atom stereocenters. The maximum atomic E-state index is 13.3. The van der Waals surface area contributed by atoms with Crippen molar-refractivity contribution in [3.63, 3.8) is 0 Å². The smallest absolute Gasteiger partial charge is 0.323 e. The van der Waals surface area contributed by atoms with Crippen molar-refractivity contribution in [2.45, 2.75) is 90.4 Å². The van der Waals surface area contributed by atoms with Crippen LogP contribution in [0.15, 0.2) is 23.8 Å². The lowest BCUT2D eigenvalue weighted by Crippen LogP contribution is -2.50. The Balaban J connectivity index is 1.73. The molecule has 0 saturated heterocycles. The predicted octanol–water partition coefficient (Wildman–Crippen LogP) is 3.40. The van der Waals surface area contributed by atoms with Gasteiger partial charge in [0.2, 0.25) is 0 Å². The number of rotatable bonds is 11. The van der Waals surface area contributed by atoms with Gasteiger partial charge in [-0.15, -0.1) is 0 Å². The average molecular weight is 493 g/mol. The Morgan fingerprint density at radius 2 is 1.86 bits per heavy atom. The first kappa shape index (κ1) is 27.4. The lowest BCUT2D eigenvalue weighted by atomic mass is 9.65. The molecule has 0 bridgehead atoms. The van der Waals surface area contributed by atoms with E-state index in [4.69, 9.17) is 14.6 Å². The van der Waals surface area contributed by atoms with Crippen LogP contribution < -0.4 is 0 Å². The molecule has 8 heteroatoms. The lowest BCUT2D eigenvalue weighted by molar-refractivity contribution is -0.185. The number of ether oxygens (including phenoxy) is 2. The van der Waals surface area contributed by atoms with Gasteiger partial charge in [-0.1, -0.05) is 32.1 Å². The molecule has 0 aliphatic heterocycles. The van der Waals surface area contributed by atoms with Gasteiger partial charge < -0.3 is 24.8 Å². The van der Waals surface area contributed by atoms with Crippen LogP contribution in [0.5, 0.6) is 0 Å². The molecule has 3 aliphatic carbocycles. The zero-order valence-corrected chi connectivity index (χ0v) is 21.0. The van der Waals surface area contributed by atoms with E-state index in [1.807, 2.05) is 0 Å². The van der Waals surface area contributed by atoms with Crippen molar-refractivity contribution in [3.8, 4) is 0 Å². The predicted molar refractivity (Wildman–Crippen MR) is 128 cm³/mol. The first-order valence-corrected chi connectivity index (χ1v) is 12.9. The number of aliphatic hydroxyl groups is 2. The second kappa shape index (κ2) is 11.7. The van der Waals surface area contributed by atoms with Crippen molar-refractivity contribution in [2.75, 3.05) is 6.61 Å². The Labute approximate surface area is 207 Å². The third-order valence-corrected chi connectivity index (χ3v) is 7.91. The maximum absolute atomic E-state index is 13.3. The summed E-state index contributed by atoms with van der Waals surface area (Å²) in [7, 11) is 0. The van der Waals surface area contributed by atoms with Gasteiger partial charge in [-0.25, -0.2) is 0 Å². The number of carboxylic acid groups (broad SMARTS) is 1. The molecule has 0 spiro atoms. The molecule has 3 rings (SSSR count). The Morgan fingerprint density at radius 1 is 1.14 bits per heavy atom. The van der Waals surface area contributed by atoms with Crippen molar-refractivity contribution in [2.24, 2.45) is 29.1 Å². The number of allylic oxidation sites excluding steroid dienone is 3. The van der Waals surface area contributed by atoms with E-state index in [2.05, 4.69) is 32.1 Å². The molecule has 7 atom stereocenters. The third kappa shape index (κ3) is 6.33. The summed E-state index contributed by atoms with van der Waals surface area (Å²) < 4.78 is 11.3. The second-order valence-corrected chi connectivity index (χ2v) is 10.6. The standard InChI is InChI=1S/C27H40O8/c1-4-34-25(32)27(10-5-11-27)26(33)35-22-13-16(2)12-18-7-6-17(3)21(24(18)22)9-8-19(28)14-20(29)15-23(30)31/h6-7,12,16-17,19-22,24,28-29H,4-5,8-11,13-15H2,1-3H3,(H,30,31)/t16-,17-,19+,20+,21-,22-,24-/m0/s1. The monoisotopic (exact) mass is 492 g/mol. The van der Waals surface area contributed by atoms with Crippen LogP contribution in [-0.4, -0.2) is 58.1 Å². The molecule has 0 aromatic carbocycles. The number of carbonyl (C=O) groups is 3. The summed E-state index contributed by atoms with van der Waals surface area (Å²) in [5.41, 5.74) is -0.0771. The van der Waals surface area contributed by atoms with Gasteiger partial charge in [0.1, 0.15) is 6.10 Å². The van der Waals surface area contributed by atoms with Crippen LogP contribution in [0.4, 0.5) is 0 Å². The quantitative estimate of drug-likeness (QED) is 0.295. The minimum atomic E-state index is -1.19. The highest BCUT2D eigenvalue weighted by molar-refractivity contribution is 6.01. The minimum Gasteiger partial charge on any atom is -0.481 e. The Hall–Kier alpha value is -2.19. The highest BCUT2D eigenvalue weighted by Gasteiger charge is 2.55. The number of carboxylic acids is 1. The zero-order chi connectivity index (χ0) is 25.8. The number of hydrogen-bond donors (Lipinski definition) is 3. The van der Waals surface area contributed by atoms with Crippen molar-refractivity contribution in [1.82, 2.24) is 0 Å². The van der Waals surface area contributed by atoms with E-state index >= 15 is 0 Å². The molecule has 0 aromatic rings. The van der Waals surface area contributed by atoms with E-state index in [1.54, 1.807) is 6.92 Å². The van der Waals surface area contributed by atoms with Crippen molar-refractivity contribution < 1.29 is 39.2 Å². The van der Waals surface area contributed by atoms with E-state index < -0.39 is 42.0 Å².